The molecule has 1 N–H and O–H groups in total. The fourth-order valence-electron chi connectivity index (χ4n) is 2.40. The highest BCUT2D eigenvalue weighted by Crippen LogP contribution is 2.29. The van der Waals surface area contributed by atoms with Gasteiger partial charge in [-0.25, -0.2) is 8.42 Å². The summed E-state index contributed by atoms with van der Waals surface area (Å²) in [4.78, 5) is 3.79. The number of nitrogens with zero attached hydrogens (tertiary/aromatic N) is 2. The molecule has 1 fully saturated rings. The quantitative estimate of drug-likeness (QED) is 0.922. The van der Waals surface area contributed by atoms with Crippen LogP contribution in [0.2, 0.25) is 5.02 Å². The zero-order valence-corrected chi connectivity index (χ0v) is 12.2. The molecule has 106 valence electrons. The molecule has 7 heteroatoms. The van der Waals surface area contributed by atoms with Crippen LogP contribution in [-0.2, 0) is 10.0 Å². The third-order valence-electron chi connectivity index (χ3n) is 3.55. The smallest absolute Gasteiger partial charge is 0.246 e. The Kier molecular flexibility index (Phi) is 4.45. The zero-order chi connectivity index (χ0) is 14.0. The summed E-state index contributed by atoms with van der Waals surface area (Å²) in [5.41, 5.74) is 0. The Labute approximate surface area is 118 Å². The van der Waals surface area contributed by atoms with Crippen LogP contribution >= 0.6 is 11.6 Å². The predicted octanol–water partition coefficient (Wildman–Crippen LogP) is 1.66. The number of hydrogen-bond donors (Lipinski definition) is 1. The van der Waals surface area contributed by atoms with Gasteiger partial charge in [-0.3, -0.25) is 4.98 Å². The van der Waals surface area contributed by atoms with Crippen LogP contribution in [0.1, 0.15) is 25.7 Å². The number of pyridine rings is 1. The third kappa shape index (κ3) is 2.91. The lowest BCUT2D eigenvalue weighted by atomic mass is 9.93. The molecule has 2 unspecified atom stereocenters. The van der Waals surface area contributed by atoms with Crippen molar-refractivity contribution in [1.82, 2.24) is 9.29 Å². The number of aliphatic hydroxyl groups is 1. The summed E-state index contributed by atoms with van der Waals surface area (Å²) in [6.45, 7) is 0. The van der Waals surface area contributed by atoms with Crippen molar-refractivity contribution in [3.8, 4) is 0 Å². The van der Waals surface area contributed by atoms with Crippen LogP contribution in [0.4, 0.5) is 0 Å². The Bertz CT molecular complexity index is 550. The summed E-state index contributed by atoms with van der Waals surface area (Å²) in [6, 6.07) is 1.05. The Morgan fingerprint density at radius 1 is 1.42 bits per heavy atom. The third-order valence-corrected chi connectivity index (χ3v) is 5.90. The van der Waals surface area contributed by atoms with E-state index in [1.165, 1.54) is 29.8 Å². The van der Waals surface area contributed by atoms with Crippen LogP contribution in [0.25, 0.3) is 0 Å². The van der Waals surface area contributed by atoms with Crippen LogP contribution in [-0.4, -0.2) is 42.0 Å². The second-order valence-electron chi connectivity index (χ2n) is 4.75. The average molecular weight is 305 g/mol. The van der Waals surface area contributed by atoms with Gasteiger partial charge in [0.05, 0.1) is 17.2 Å². The van der Waals surface area contributed by atoms with Gasteiger partial charge in [-0.1, -0.05) is 24.4 Å². The van der Waals surface area contributed by atoms with E-state index < -0.39 is 22.2 Å². The van der Waals surface area contributed by atoms with Crippen molar-refractivity contribution in [2.75, 3.05) is 7.05 Å². The molecule has 1 saturated carbocycles. The Morgan fingerprint density at radius 2 is 2.11 bits per heavy atom. The van der Waals surface area contributed by atoms with Crippen molar-refractivity contribution in [3.05, 3.63) is 23.5 Å². The monoisotopic (exact) mass is 304 g/mol. The molecule has 0 bridgehead atoms. The van der Waals surface area contributed by atoms with Crippen molar-refractivity contribution in [2.45, 2.75) is 42.7 Å². The minimum Gasteiger partial charge on any atom is -0.391 e. The van der Waals surface area contributed by atoms with Crippen LogP contribution in [0.5, 0.6) is 0 Å². The first-order valence-electron chi connectivity index (χ1n) is 6.20. The zero-order valence-electron chi connectivity index (χ0n) is 10.7. The standard InChI is InChI=1S/C12H17ClN2O3S/c1-15(10-4-2-3-5-11(10)16)19(17,18)12-8-14-7-6-9(12)13/h6-8,10-11,16H,2-5H2,1H3. The molecule has 0 saturated heterocycles. The average Bonchev–Trinajstić information content (AvgIpc) is 2.39. The highest BCUT2D eigenvalue weighted by Gasteiger charge is 2.35. The van der Waals surface area contributed by atoms with Crippen LogP contribution < -0.4 is 0 Å². The van der Waals surface area contributed by atoms with Crippen LogP contribution in [0.3, 0.4) is 0 Å². The van der Waals surface area contributed by atoms with Gasteiger partial charge < -0.3 is 5.11 Å². The Balaban J connectivity index is 2.31. The molecular weight excluding hydrogens is 288 g/mol. The minimum absolute atomic E-state index is 0.0167. The van der Waals surface area contributed by atoms with E-state index in [2.05, 4.69) is 4.98 Å². The maximum atomic E-state index is 12.5. The molecule has 0 aliphatic heterocycles. The molecule has 0 amide bonds. The van der Waals surface area contributed by atoms with E-state index in [0.29, 0.717) is 12.8 Å². The molecule has 0 spiro atoms. The molecule has 1 aliphatic rings. The largest absolute Gasteiger partial charge is 0.391 e. The second-order valence-corrected chi connectivity index (χ2v) is 7.12. The molecule has 2 atom stereocenters. The summed E-state index contributed by atoms with van der Waals surface area (Å²) < 4.78 is 26.2. The first-order valence-corrected chi connectivity index (χ1v) is 8.02. The minimum atomic E-state index is -3.72. The summed E-state index contributed by atoms with van der Waals surface area (Å²) in [7, 11) is -2.24. The topological polar surface area (TPSA) is 70.5 Å². The number of halogens is 1. The molecule has 5 nitrogen and oxygen atoms in total. The van der Waals surface area contributed by atoms with E-state index in [4.69, 9.17) is 11.6 Å². The maximum Gasteiger partial charge on any atom is 0.246 e. The normalized spacial score (nSPS) is 24.6. The fourth-order valence-corrected chi connectivity index (χ4v) is 4.22. The highest BCUT2D eigenvalue weighted by molar-refractivity contribution is 7.89. The molecule has 1 aliphatic carbocycles. The van der Waals surface area contributed by atoms with E-state index in [-0.39, 0.29) is 9.92 Å². The molecule has 19 heavy (non-hydrogen) atoms. The van der Waals surface area contributed by atoms with Gasteiger partial charge in [0.15, 0.2) is 0 Å². The van der Waals surface area contributed by atoms with Crippen molar-refractivity contribution >= 4 is 21.6 Å². The summed E-state index contributed by atoms with van der Waals surface area (Å²) in [5, 5.41) is 10.1. The molecule has 1 aromatic heterocycles. The number of likely N-dealkylation sites (N-methyl/N-ethyl adjacent to an activating group) is 1. The Hall–Kier alpha value is -0.690. The van der Waals surface area contributed by atoms with Gasteiger partial charge in [-0.15, -0.1) is 0 Å². The number of sulfonamides is 1. The van der Waals surface area contributed by atoms with Gasteiger partial charge in [0.2, 0.25) is 10.0 Å². The lowest BCUT2D eigenvalue weighted by Crippen LogP contribution is -2.46. The summed E-state index contributed by atoms with van der Waals surface area (Å²) in [6.07, 6.45) is 5.20. The van der Waals surface area contributed by atoms with Gasteiger partial charge in [-0.2, -0.15) is 4.31 Å². The lowest BCUT2D eigenvalue weighted by molar-refractivity contribution is 0.0638. The number of rotatable bonds is 3. The summed E-state index contributed by atoms with van der Waals surface area (Å²) >= 11 is 5.92. The molecule has 0 aromatic carbocycles. The molecule has 1 heterocycles. The SMILES string of the molecule is CN(C1CCCCC1O)S(=O)(=O)c1cnccc1Cl. The molecular formula is C12H17ClN2O3S. The first kappa shape index (κ1) is 14.7. The summed E-state index contributed by atoms with van der Waals surface area (Å²) in [5.74, 6) is 0. The van der Waals surface area contributed by atoms with Crippen molar-refractivity contribution in [1.29, 1.82) is 0 Å². The van der Waals surface area contributed by atoms with E-state index in [1.54, 1.807) is 0 Å². The van der Waals surface area contributed by atoms with Gasteiger partial charge in [0.1, 0.15) is 4.90 Å². The highest BCUT2D eigenvalue weighted by atomic mass is 35.5. The van der Waals surface area contributed by atoms with E-state index in [0.717, 1.165) is 12.8 Å². The number of hydrogen-bond acceptors (Lipinski definition) is 4. The molecule has 0 radical (unpaired) electrons. The van der Waals surface area contributed by atoms with Gasteiger partial charge in [0.25, 0.3) is 0 Å². The van der Waals surface area contributed by atoms with Gasteiger partial charge >= 0.3 is 0 Å². The van der Waals surface area contributed by atoms with Gasteiger partial charge in [0, 0.05) is 19.4 Å². The number of aliphatic hydroxyl groups excluding tert-OH is 1. The van der Waals surface area contributed by atoms with Crippen molar-refractivity contribution < 1.29 is 13.5 Å². The Morgan fingerprint density at radius 3 is 2.74 bits per heavy atom. The second kappa shape index (κ2) is 5.75. The lowest BCUT2D eigenvalue weighted by Gasteiger charge is -2.34. The van der Waals surface area contributed by atoms with Crippen molar-refractivity contribution in [3.63, 3.8) is 0 Å². The number of aromatic nitrogens is 1. The van der Waals surface area contributed by atoms with Crippen molar-refractivity contribution in [2.24, 2.45) is 0 Å². The molecule has 2 rings (SSSR count). The van der Waals surface area contributed by atoms with Crippen LogP contribution in [0, 0.1) is 0 Å². The van der Waals surface area contributed by atoms with E-state index in [1.807, 2.05) is 0 Å². The van der Waals surface area contributed by atoms with Crippen LogP contribution in [0.15, 0.2) is 23.4 Å². The van der Waals surface area contributed by atoms with E-state index in [9.17, 15) is 13.5 Å². The maximum absolute atomic E-state index is 12.5. The van der Waals surface area contributed by atoms with Gasteiger partial charge in [-0.05, 0) is 18.9 Å². The molecule has 1 aromatic rings. The first-order chi connectivity index (χ1) is 8.94. The fraction of sp³-hybridized carbons (Fsp3) is 0.583. The van der Waals surface area contributed by atoms with E-state index >= 15 is 0 Å². The predicted molar refractivity (Wildman–Crippen MR) is 72.5 cm³/mol.